The monoisotopic (exact) mass is 645 g/mol. The first-order chi connectivity index (χ1) is 22.0. The number of ether oxygens (including phenoxy) is 2. The zero-order valence-corrected chi connectivity index (χ0v) is 25.9. The van der Waals surface area contributed by atoms with E-state index in [4.69, 9.17) is 36.9 Å². The van der Waals surface area contributed by atoms with E-state index < -0.39 is 22.7 Å². The van der Waals surface area contributed by atoms with Gasteiger partial charge in [-0.05, 0) is 87.8 Å². The van der Waals surface area contributed by atoms with Crippen molar-refractivity contribution in [3.05, 3.63) is 70.3 Å². The maximum absolute atomic E-state index is 14.1. The molecule has 0 radical (unpaired) electrons. The number of pyridine rings is 1. The molecule has 4 N–H and O–H groups in total. The Kier molecular flexibility index (Phi) is 6.60. The molecule has 2 amide bonds. The molecule has 2 aromatic heterocycles. The number of primary amides is 1. The predicted octanol–water partition coefficient (Wildman–Crippen LogP) is 4.93. The molecule has 1 aliphatic heterocycles. The van der Waals surface area contributed by atoms with Crippen LogP contribution in [0, 0.1) is 11.7 Å². The van der Waals surface area contributed by atoms with Gasteiger partial charge in [0, 0.05) is 28.3 Å². The molecule has 4 aliphatic rings. The highest BCUT2D eigenvalue weighted by molar-refractivity contribution is 6.31. The second-order valence-electron chi connectivity index (χ2n) is 13.3. The van der Waals surface area contributed by atoms with Gasteiger partial charge in [-0.2, -0.15) is 5.10 Å². The van der Waals surface area contributed by atoms with Gasteiger partial charge in [0.15, 0.2) is 0 Å². The summed E-state index contributed by atoms with van der Waals surface area (Å²) in [6.07, 6.45) is 7.62. The van der Waals surface area contributed by atoms with E-state index >= 15 is 0 Å². The average molecular weight is 646 g/mol. The van der Waals surface area contributed by atoms with Gasteiger partial charge in [-0.1, -0.05) is 11.6 Å². The summed E-state index contributed by atoms with van der Waals surface area (Å²) in [5, 5.41) is 20.7. The summed E-state index contributed by atoms with van der Waals surface area (Å²) in [4.78, 5) is 31.2. The van der Waals surface area contributed by atoms with Gasteiger partial charge in [0.2, 0.25) is 5.91 Å². The van der Waals surface area contributed by atoms with Gasteiger partial charge in [0.25, 0.3) is 5.91 Å². The largest absolute Gasteiger partial charge is 0.489 e. The Hall–Kier alpha value is -4.22. The molecule has 4 aromatic rings. The molecule has 2 atom stereocenters. The summed E-state index contributed by atoms with van der Waals surface area (Å²) in [6.45, 7) is 1.51. The van der Waals surface area contributed by atoms with Crippen LogP contribution in [0.5, 0.6) is 11.5 Å². The van der Waals surface area contributed by atoms with Gasteiger partial charge < -0.3 is 25.6 Å². The van der Waals surface area contributed by atoms with E-state index in [1.165, 1.54) is 18.2 Å². The van der Waals surface area contributed by atoms with Crippen LogP contribution in [-0.2, 0) is 15.8 Å². The molecule has 0 saturated heterocycles. The van der Waals surface area contributed by atoms with E-state index in [2.05, 4.69) is 5.32 Å². The molecule has 3 saturated carbocycles. The Morgan fingerprint density at radius 2 is 1.98 bits per heavy atom. The smallest absolute Gasteiger partial charge is 0.251 e. The molecular formula is C34H33ClFN5O5. The van der Waals surface area contributed by atoms with Gasteiger partial charge in [-0.25, -0.2) is 9.37 Å². The number of hydrogen-bond donors (Lipinski definition) is 3. The van der Waals surface area contributed by atoms with Crippen LogP contribution in [0.2, 0.25) is 5.02 Å². The lowest BCUT2D eigenvalue weighted by Gasteiger charge is -2.30. The molecule has 0 spiro atoms. The maximum Gasteiger partial charge on any atom is 0.251 e. The first-order valence-corrected chi connectivity index (χ1v) is 16.1. The van der Waals surface area contributed by atoms with Crippen molar-refractivity contribution < 1.29 is 28.6 Å². The molecule has 8 rings (SSSR count). The number of carbonyl (C=O) groups is 2. The predicted molar refractivity (Wildman–Crippen MR) is 167 cm³/mol. The van der Waals surface area contributed by atoms with Crippen LogP contribution in [0.3, 0.4) is 0 Å². The molecule has 10 nitrogen and oxygen atoms in total. The van der Waals surface area contributed by atoms with Crippen molar-refractivity contribution in [2.24, 2.45) is 11.7 Å². The third kappa shape index (κ3) is 4.96. The standard InChI is InChI=1S/C34H33ClFN5O5/c1-33(32(37)43)16-45-30-23(33)13-27(39-29(30)17-2-9-25(36)24(35)11-17)34(44,20-3-4-20)15-38-31(42)18-10-19-14-41(21-5-6-21)40-28(19)26(12-18)46-22-7-8-22/h2,9-14,20-22,44H,3-8,15-16H2,1H3,(H2,37,43)(H,38,42)/t33-,34?/m0/s1. The summed E-state index contributed by atoms with van der Waals surface area (Å²) in [5.74, 6) is -0.869. The van der Waals surface area contributed by atoms with E-state index in [1.807, 2.05) is 10.9 Å². The summed E-state index contributed by atoms with van der Waals surface area (Å²) >= 11 is 6.12. The molecule has 12 heteroatoms. The first kappa shape index (κ1) is 29.2. The molecule has 3 fully saturated rings. The molecule has 3 aliphatic carbocycles. The van der Waals surface area contributed by atoms with Crippen LogP contribution < -0.4 is 20.5 Å². The van der Waals surface area contributed by atoms with Gasteiger partial charge in [-0.15, -0.1) is 0 Å². The van der Waals surface area contributed by atoms with Crippen molar-refractivity contribution in [3.8, 4) is 22.8 Å². The fourth-order valence-corrected chi connectivity index (χ4v) is 6.39. The van der Waals surface area contributed by atoms with Crippen molar-refractivity contribution in [2.75, 3.05) is 13.2 Å². The summed E-state index contributed by atoms with van der Waals surface area (Å²) in [5.41, 5.74) is 5.65. The van der Waals surface area contributed by atoms with E-state index in [-0.39, 0.29) is 41.8 Å². The van der Waals surface area contributed by atoms with Gasteiger partial charge in [0.1, 0.15) is 46.1 Å². The van der Waals surface area contributed by atoms with Crippen LogP contribution in [0.15, 0.2) is 42.6 Å². The van der Waals surface area contributed by atoms with E-state index in [0.717, 1.165) is 49.4 Å². The molecule has 238 valence electrons. The molecule has 3 heterocycles. The normalized spacial score (nSPS) is 21.8. The zero-order chi connectivity index (χ0) is 32.0. The molecular weight excluding hydrogens is 613 g/mol. The fourth-order valence-electron chi connectivity index (χ4n) is 6.20. The van der Waals surface area contributed by atoms with Gasteiger partial charge in [-0.3, -0.25) is 14.3 Å². The average Bonchev–Trinajstić information content (AvgIpc) is 3.92. The lowest BCUT2D eigenvalue weighted by atomic mass is 9.81. The number of benzene rings is 2. The quantitative estimate of drug-likeness (QED) is 0.222. The van der Waals surface area contributed by atoms with Crippen molar-refractivity contribution in [1.82, 2.24) is 20.1 Å². The second kappa shape index (κ2) is 10.4. The number of carbonyl (C=O) groups excluding carboxylic acids is 2. The number of nitrogens with zero attached hydrogens (tertiary/aromatic N) is 3. The Morgan fingerprint density at radius 1 is 1.20 bits per heavy atom. The summed E-state index contributed by atoms with van der Waals surface area (Å²) in [7, 11) is 0. The molecule has 0 bridgehead atoms. The Labute approximate surface area is 269 Å². The van der Waals surface area contributed by atoms with Crippen molar-refractivity contribution >= 4 is 34.3 Å². The number of aliphatic hydroxyl groups is 1. The van der Waals surface area contributed by atoms with E-state index in [9.17, 15) is 19.1 Å². The lowest BCUT2D eigenvalue weighted by Crippen LogP contribution is -2.44. The SMILES string of the molecule is C[C@]1(C(N)=O)COc2c1cc(C(O)(CNC(=O)c1cc(OC3CC3)c3nn(C4CC4)cc3c1)C1CC1)nc2-c1ccc(F)c(Cl)c1. The van der Waals surface area contributed by atoms with Crippen LogP contribution in [0.25, 0.3) is 22.2 Å². The van der Waals surface area contributed by atoms with Crippen molar-refractivity contribution in [2.45, 2.75) is 68.6 Å². The summed E-state index contributed by atoms with van der Waals surface area (Å²) < 4.78 is 28.2. The Balaban J connectivity index is 1.15. The number of nitrogens with two attached hydrogens (primary N) is 1. The summed E-state index contributed by atoms with van der Waals surface area (Å²) in [6, 6.07) is 9.70. The minimum absolute atomic E-state index is 0.0195. The Bertz CT molecular complexity index is 1940. The third-order valence-corrected chi connectivity index (χ3v) is 9.91. The number of halogens is 2. The van der Waals surface area contributed by atoms with Gasteiger partial charge >= 0.3 is 0 Å². The number of fused-ring (bicyclic) bond motifs is 2. The maximum atomic E-state index is 14.1. The molecule has 46 heavy (non-hydrogen) atoms. The number of amides is 2. The van der Waals surface area contributed by atoms with Crippen LogP contribution in [0.1, 0.15) is 73.1 Å². The van der Waals surface area contributed by atoms with E-state index in [1.54, 1.807) is 25.1 Å². The zero-order valence-electron chi connectivity index (χ0n) is 25.2. The minimum atomic E-state index is -1.58. The lowest BCUT2D eigenvalue weighted by molar-refractivity contribution is -0.123. The second-order valence-corrected chi connectivity index (χ2v) is 13.7. The Morgan fingerprint density at radius 3 is 2.65 bits per heavy atom. The highest BCUT2D eigenvalue weighted by atomic mass is 35.5. The number of aromatic nitrogens is 3. The van der Waals surface area contributed by atoms with E-state index in [0.29, 0.717) is 39.9 Å². The first-order valence-electron chi connectivity index (χ1n) is 15.7. The molecule has 1 unspecified atom stereocenters. The number of hydrogen-bond acceptors (Lipinski definition) is 7. The minimum Gasteiger partial charge on any atom is -0.489 e. The van der Waals surface area contributed by atoms with Gasteiger partial charge in [0.05, 0.1) is 29.4 Å². The molecule has 2 aromatic carbocycles. The third-order valence-electron chi connectivity index (χ3n) is 9.62. The number of rotatable bonds is 10. The fraction of sp³-hybridized carbons (Fsp3) is 0.412. The van der Waals surface area contributed by atoms with Crippen LogP contribution >= 0.6 is 11.6 Å². The van der Waals surface area contributed by atoms with Crippen molar-refractivity contribution in [3.63, 3.8) is 0 Å². The number of nitrogens with one attached hydrogen (secondary N) is 1. The highest BCUT2D eigenvalue weighted by Gasteiger charge is 2.50. The van der Waals surface area contributed by atoms with Crippen LogP contribution in [-0.4, -0.2) is 50.9 Å². The van der Waals surface area contributed by atoms with Crippen molar-refractivity contribution in [1.29, 1.82) is 0 Å². The van der Waals surface area contributed by atoms with Crippen LogP contribution in [0.4, 0.5) is 4.39 Å². The topological polar surface area (TPSA) is 142 Å². The highest BCUT2D eigenvalue weighted by Crippen LogP contribution is 2.50.